The second kappa shape index (κ2) is 12.4. The Morgan fingerprint density at radius 3 is 1.50 bits per heavy atom. The normalized spacial score (nSPS) is 13.9. The van der Waals surface area contributed by atoms with E-state index in [2.05, 4.69) is 75.8 Å². The van der Waals surface area contributed by atoms with Crippen molar-refractivity contribution in [3.05, 3.63) is 0 Å². The molecule has 0 fully saturated rings. The van der Waals surface area contributed by atoms with Crippen molar-refractivity contribution in [2.24, 2.45) is 10.8 Å². The summed E-state index contributed by atoms with van der Waals surface area (Å²) in [6, 6.07) is 0. The number of hydrogen-bond acceptors (Lipinski definition) is 14. The summed E-state index contributed by atoms with van der Waals surface area (Å²) in [5.74, 6) is -0.959. The first-order valence-electron chi connectivity index (χ1n) is 7.88. The summed E-state index contributed by atoms with van der Waals surface area (Å²) in [4.78, 5) is 12.4. The second-order valence-corrected chi connectivity index (χ2v) is 11.5. The third-order valence-electron chi connectivity index (χ3n) is 4.16. The van der Waals surface area contributed by atoms with E-state index in [-0.39, 0.29) is 13.2 Å². The van der Waals surface area contributed by atoms with Crippen molar-refractivity contribution in [2.75, 3.05) is 52.9 Å². The molecular weight excluding hydrogens is 489 g/mol. The van der Waals surface area contributed by atoms with E-state index in [1.165, 1.54) is 0 Å². The minimum Gasteiger partial charge on any atom is -0.463 e. The van der Waals surface area contributed by atoms with Crippen molar-refractivity contribution in [3.63, 3.8) is 0 Å². The minimum absolute atomic E-state index is 0.257. The Balaban J connectivity index is 5.09. The van der Waals surface area contributed by atoms with E-state index in [1.54, 1.807) is 0 Å². The van der Waals surface area contributed by atoms with Gasteiger partial charge >= 0.3 is 5.97 Å². The van der Waals surface area contributed by atoms with Crippen LogP contribution < -0.4 is 0 Å². The third kappa shape index (κ3) is 7.19. The molecule has 14 heteroatoms. The van der Waals surface area contributed by atoms with Crippen molar-refractivity contribution in [3.8, 4) is 0 Å². The number of aliphatic hydroxyl groups excluding tert-OH is 5. The van der Waals surface area contributed by atoms with Crippen molar-refractivity contribution in [1.29, 1.82) is 0 Å². The fraction of sp³-hybridized carbons (Fsp3) is 0.929. The van der Waals surface area contributed by atoms with Gasteiger partial charge < -0.3 is 35.0 Å². The molecule has 0 rings (SSSR count). The summed E-state index contributed by atoms with van der Waals surface area (Å²) in [5, 5.41) is 47.2. The molecule has 0 spiro atoms. The summed E-state index contributed by atoms with van der Waals surface area (Å²) < 4.78 is 6.37. The van der Waals surface area contributed by atoms with Gasteiger partial charge in [0.25, 0.3) is 0 Å². The molecule has 0 aromatic carbocycles. The highest BCUT2D eigenvalue weighted by atomic mass is 32.2. The van der Waals surface area contributed by atoms with Gasteiger partial charge in [-0.05, 0) is 0 Å². The molecule has 0 radical (unpaired) electrons. The Bertz CT molecular complexity index is 474. The van der Waals surface area contributed by atoms with Crippen LogP contribution in [-0.2, 0) is 14.3 Å². The zero-order chi connectivity index (χ0) is 22.2. The molecule has 0 heterocycles. The van der Waals surface area contributed by atoms with E-state index in [0.717, 1.165) is 0 Å². The molecule has 0 aliphatic rings. The molecule has 0 saturated carbocycles. The molecule has 0 aromatic heterocycles. The number of carbonyl (C=O) groups excluding carboxylic acids is 1. The zero-order valence-electron chi connectivity index (χ0n) is 14.9. The highest BCUT2D eigenvalue weighted by Crippen LogP contribution is 2.47. The molecule has 0 aromatic rings. The standard InChI is InChI=1S/C14H28O8S6/c15-1-11(2-16,3-17)6-21-7-12(4-18,5-19)8-22-9(20)13(25,26)14(27,28)10(23)24/h10,15-19,23-28H,1-8H2. The van der Waals surface area contributed by atoms with Crippen LogP contribution in [0.15, 0.2) is 0 Å². The zero-order valence-corrected chi connectivity index (χ0v) is 20.2. The van der Waals surface area contributed by atoms with Crippen LogP contribution in [-0.4, -0.2) is 97.1 Å². The van der Waals surface area contributed by atoms with Gasteiger partial charge in [0.1, 0.15) is 10.7 Å². The first kappa shape index (κ1) is 29.3. The van der Waals surface area contributed by atoms with Gasteiger partial charge in [-0.15, -0.1) is 25.3 Å². The Morgan fingerprint density at radius 1 is 0.750 bits per heavy atom. The highest BCUT2D eigenvalue weighted by Gasteiger charge is 2.52. The van der Waals surface area contributed by atoms with E-state index in [4.69, 9.17) is 9.47 Å². The molecular formula is C14H28O8S6. The van der Waals surface area contributed by atoms with E-state index < -0.39 is 69.2 Å². The molecule has 8 nitrogen and oxygen atoms in total. The van der Waals surface area contributed by atoms with E-state index in [1.807, 2.05) is 0 Å². The Labute approximate surface area is 197 Å². The summed E-state index contributed by atoms with van der Waals surface area (Å²) in [6.07, 6.45) is 0. The summed E-state index contributed by atoms with van der Waals surface area (Å²) in [6.45, 7) is -3.85. The van der Waals surface area contributed by atoms with Crippen molar-refractivity contribution in [2.45, 2.75) is 12.7 Å². The molecule has 0 atom stereocenters. The van der Waals surface area contributed by atoms with E-state index in [0.29, 0.717) is 0 Å². The number of aliphatic hydroxyl groups is 5. The molecule has 0 amide bonds. The average Bonchev–Trinajstić information content (AvgIpc) is 2.67. The maximum atomic E-state index is 12.4. The van der Waals surface area contributed by atoms with Gasteiger partial charge in [-0.3, -0.25) is 0 Å². The van der Waals surface area contributed by atoms with E-state index >= 15 is 0 Å². The van der Waals surface area contributed by atoms with Gasteiger partial charge in [-0.2, -0.15) is 50.5 Å². The van der Waals surface area contributed by atoms with Crippen molar-refractivity contribution < 1.29 is 39.8 Å². The SMILES string of the molecule is O=C(OCC(CO)(CO)COCC(CO)(CO)CO)C(S)(S)C(S)(S)C(S)S. The molecule has 0 unspecified atom stereocenters. The van der Waals surface area contributed by atoms with Crippen LogP contribution in [0.4, 0.5) is 0 Å². The number of hydrogen-bond donors (Lipinski definition) is 11. The lowest BCUT2D eigenvalue weighted by molar-refractivity contribution is -0.155. The predicted molar refractivity (Wildman–Crippen MR) is 125 cm³/mol. The molecule has 0 aliphatic carbocycles. The summed E-state index contributed by atoms with van der Waals surface area (Å²) >= 11 is 24.8. The number of thiol groups is 6. The molecule has 0 bridgehead atoms. The van der Waals surface area contributed by atoms with Gasteiger partial charge in [-0.25, -0.2) is 4.79 Å². The average molecular weight is 517 g/mol. The van der Waals surface area contributed by atoms with Crippen molar-refractivity contribution in [1.82, 2.24) is 0 Å². The fourth-order valence-corrected chi connectivity index (χ4v) is 3.06. The van der Waals surface area contributed by atoms with Crippen molar-refractivity contribution >= 4 is 81.7 Å². The van der Waals surface area contributed by atoms with Crippen LogP contribution in [0.1, 0.15) is 0 Å². The largest absolute Gasteiger partial charge is 0.463 e. The predicted octanol–water partition coefficient (Wildman–Crippen LogP) is -1.22. The van der Waals surface area contributed by atoms with Gasteiger partial charge in [-0.1, -0.05) is 0 Å². The molecule has 28 heavy (non-hydrogen) atoms. The highest BCUT2D eigenvalue weighted by molar-refractivity contribution is 8.12. The van der Waals surface area contributed by atoms with Gasteiger partial charge in [0.05, 0.1) is 61.7 Å². The molecule has 5 N–H and O–H groups in total. The molecule has 168 valence electrons. The van der Waals surface area contributed by atoms with Crippen LogP contribution in [0.25, 0.3) is 0 Å². The topological polar surface area (TPSA) is 137 Å². The Kier molecular flexibility index (Phi) is 13.0. The third-order valence-corrected chi connectivity index (χ3v) is 8.71. The minimum atomic E-state index is -1.83. The smallest absolute Gasteiger partial charge is 0.334 e. The molecule has 0 saturated heterocycles. The monoisotopic (exact) mass is 516 g/mol. The van der Waals surface area contributed by atoms with Crippen LogP contribution in [0, 0.1) is 10.8 Å². The number of rotatable bonds is 14. The summed E-state index contributed by atoms with van der Waals surface area (Å²) in [7, 11) is 0. The van der Waals surface area contributed by atoms with E-state index in [9.17, 15) is 30.3 Å². The second-order valence-electron chi connectivity index (χ2n) is 6.63. The summed E-state index contributed by atoms with van der Waals surface area (Å²) in [5.41, 5.74) is -2.68. The molecule has 0 aliphatic heterocycles. The van der Waals surface area contributed by atoms with Crippen LogP contribution in [0.3, 0.4) is 0 Å². The lowest BCUT2D eigenvalue weighted by Crippen LogP contribution is -2.51. The van der Waals surface area contributed by atoms with Gasteiger partial charge in [0.2, 0.25) is 0 Å². The maximum absolute atomic E-state index is 12.4. The quantitative estimate of drug-likeness (QED) is 0.0786. The lowest BCUT2D eigenvalue weighted by atomic mass is 9.90. The Hall–Kier alpha value is 1.33. The lowest BCUT2D eigenvalue weighted by Gasteiger charge is -2.38. The first-order chi connectivity index (χ1) is 12.8. The Morgan fingerprint density at radius 2 is 1.14 bits per heavy atom. The first-order valence-corrected chi connectivity index (χ1v) is 10.7. The van der Waals surface area contributed by atoms with Crippen LogP contribution >= 0.6 is 75.8 Å². The number of ether oxygens (including phenoxy) is 2. The van der Waals surface area contributed by atoms with Crippen LogP contribution in [0.2, 0.25) is 0 Å². The fourth-order valence-electron chi connectivity index (χ4n) is 1.69. The van der Waals surface area contributed by atoms with Gasteiger partial charge in [0, 0.05) is 0 Å². The maximum Gasteiger partial charge on any atom is 0.334 e. The van der Waals surface area contributed by atoms with Crippen LogP contribution in [0.5, 0.6) is 0 Å². The number of carbonyl (C=O) groups is 1. The number of esters is 1. The van der Waals surface area contributed by atoms with Gasteiger partial charge in [0.15, 0.2) is 4.08 Å².